The molecule has 0 radical (unpaired) electrons. The number of hydrogen-bond donors (Lipinski definition) is 1. The van der Waals surface area contributed by atoms with Gasteiger partial charge in [-0.15, -0.1) is 0 Å². The lowest BCUT2D eigenvalue weighted by Gasteiger charge is -2.16. The summed E-state index contributed by atoms with van der Waals surface area (Å²) >= 11 is 0. The molecule has 0 aliphatic heterocycles. The van der Waals surface area contributed by atoms with Gasteiger partial charge in [-0.05, 0) is 38.1 Å². The lowest BCUT2D eigenvalue weighted by Crippen LogP contribution is -2.35. The third-order valence-electron chi connectivity index (χ3n) is 3.65. The van der Waals surface area contributed by atoms with Gasteiger partial charge in [0.2, 0.25) is 0 Å². The first kappa shape index (κ1) is 17.7. The van der Waals surface area contributed by atoms with Crippen molar-refractivity contribution in [2.45, 2.75) is 26.5 Å². The number of amides is 1. The van der Waals surface area contributed by atoms with Gasteiger partial charge >= 0.3 is 0 Å². The van der Waals surface area contributed by atoms with Gasteiger partial charge in [-0.3, -0.25) is 4.79 Å². The number of aryl methyl sites for hydroxylation is 1. The molecule has 0 saturated carbocycles. The maximum Gasteiger partial charge on any atom is 0.261 e. The predicted octanol–water partition coefficient (Wildman–Crippen LogP) is 3.10. The number of carbonyl (C=O) groups excluding carboxylic acids is 1. The average Bonchev–Trinajstić information content (AvgIpc) is 2.61. The van der Waals surface area contributed by atoms with Crippen molar-refractivity contribution in [1.29, 1.82) is 0 Å². The van der Waals surface area contributed by atoms with E-state index in [0.29, 0.717) is 23.8 Å². The molecule has 0 bridgehead atoms. The van der Waals surface area contributed by atoms with E-state index < -0.39 is 6.10 Å². The van der Waals surface area contributed by atoms with E-state index in [1.807, 2.05) is 43.3 Å². The van der Waals surface area contributed by atoms with E-state index in [4.69, 9.17) is 14.2 Å². The highest BCUT2D eigenvalue weighted by molar-refractivity contribution is 5.80. The Hall–Kier alpha value is -2.69. The molecule has 128 valence electrons. The molecule has 2 rings (SSSR count). The predicted molar refractivity (Wildman–Crippen MR) is 92.7 cm³/mol. The van der Waals surface area contributed by atoms with E-state index in [1.54, 1.807) is 27.2 Å². The van der Waals surface area contributed by atoms with Gasteiger partial charge in [-0.2, -0.15) is 0 Å². The van der Waals surface area contributed by atoms with Crippen molar-refractivity contribution in [1.82, 2.24) is 5.32 Å². The average molecular weight is 329 g/mol. The Morgan fingerprint density at radius 1 is 1.04 bits per heavy atom. The third-order valence-corrected chi connectivity index (χ3v) is 3.65. The first-order chi connectivity index (χ1) is 11.5. The first-order valence-corrected chi connectivity index (χ1v) is 7.75. The maximum absolute atomic E-state index is 12.2. The lowest BCUT2D eigenvalue weighted by molar-refractivity contribution is -0.127. The van der Waals surface area contributed by atoms with E-state index >= 15 is 0 Å². The van der Waals surface area contributed by atoms with E-state index in [0.717, 1.165) is 11.1 Å². The van der Waals surface area contributed by atoms with Crippen LogP contribution in [0.4, 0.5) is 0 Å². The number of rotatable bonds is 7. The minimum Gasteiger partial charge on any atom is -0.497 e. The van der Waals surface area contributed by atoms with Gasteiger partial charge in [0.15, 0.2) is 6.10 Å². The Balaban J connectivity index is 1.93. The van der Waals surface area contributed by atoms with Crippen LogP contribution >= 0.6 is 0 Å². The van der Waals surface area contributed by atoms with Crippen molar-refractivity contribution in [2.24, 2.45) is 0 Å². The molecule has 0 spiro atoms. The molecule has 0 fully saturated rings. The Bertz CT molecular complexity index is 682. The number of carbonyl (C=O) groups is 1. The van der Waals surface area contributed by atoms with Crippen molar-refractivity contribution in [3.8, 4) is 17.2 Å². The number of hydrogen-bond acceptors (Lipinski definition) is 4. The molecular weight excluding hydrogens is 306 g/mol. The summed E-state index contributed by atoms with van der Waals surface area (Å²) in [5, 5.41) is 2.86. The van der Waals surface area contributed by atoms with Crippen LogP contribution in [-0.4, -0.2) is 26.2 Å². The molecule has 0 aromatic heterocycles. The second-order valence-electron chi connectivity index (χ2n) is 5.47. The molecule has 1 atom stereocenters. The van der Waals surface area contributed by atoms with Crippen molar-refractivity contribution < 1.29 is 19.0 Å². The fourth-order valence-electron chi connectivity index (χ4n) is 2.20. The van der Waals surface area contributed by atoms with Gasteiger partial charge in [0.1, 0.15) is 17.2 Å². The normalized spacial score (nSPS) is 11.5. The molecule has 0 heterocycles. The Morgan fingerprint density at radius 2 is 1.71 bits per heavy atom. The SMILES string of the molecule is COc1ccc(CNC(=O)C(C)Oc2ccc(C)cc2)c(OC)c1. The molecule has 5 heteroatoms. The van der Waals surface area contributed by atoms with Gasteiger partial charge in [-0.25, -0.2) is 0 Å². The fourth-order valence-corrected chi connectivity index (χ4v) is 2.20. The van der Waals surface area contributed by atoms with Crippen LogP contribution in [0.1, 0.15) is 18.1 Å². The largest absolute Gasteiger partial charge is 0.497 e. The number of methoxy groups -OCH3 is 2. The second kappa shape index (κ2) is 8.24. The highest BCUT2D eigenvalue weighted by Gasteiger charge is 2.15. The molecule has 2 aromatic carbocycles. The van der Waals surface area contributed by atoms with Crippen molar-refractivity contribution in [3.05, 3.63) is 53.6 Å². The smallest absolute Gasteiger partial charge is 0.261 e. The number of ether oxygens (including phenoxy) is 3. The van der Waals surface area contributed by atoms with Crippen LogP contribution < -0.4 is 19.5 Å². The summed E-state index contributed by atoms with van der Waals surface area (Å²) in [6.45, 7) is 4.08. The third kappa shape index (κ3) is 4.65. The van der Waals surface area contributed by atoms with Gasteiger partial charge in [0.25, 0.3) is 5.91 Å². The monoisotopic (exact) mass is 329 g/mol. The lowest BCUT2D eigenvalue weighted by atomic mass is 10.2. The Kier molecular flexibility index (Phi) is 6.07. The summed E-state index contributed by atoms with van der Waals surface area (Å²) < 4.78 is 16.1. The molecule has 0 saturated heterocycles. The number of nitrogens with one attached hydrogen (secondary N) is 1. The highest BCUT2D eigenvalue weighted by Crippen LogP contribution is 2.24. The van der Waals surface area contributed by atoms with E-state index in [9.17, 15) is 4.79 Å². The summed E-state index contributed by atoms with van der Waals surface area (Å²) in [4.78, 5) is 12.2. The van der Waals surface area contributed by atoms with Crippen LogP contribution in [0.25, 0.3) is 0 Å². The van der Waals surface area contributed by atoms with Crippen molar-refractivity contribution in [2.75, 3.05) is 14.2 Å². The zero-order valence-electron chi connectivity index (χ0n) is 14.5. The summed E-state index contributed by atoms with van der Waals surface area (Å²) in [5.74, 6) is 1.86. The van der Waals surface area contributed by atoms with Gasteiger partial charge < -0.3 is 19.5 Å². The van der Waals surface area contributed by atoms with Crippen LogP contribution in [0, 0.1) is 6.92 Å². The van der Waals surface area contributed by atoms with Crippen LogP contribution in [0.15, 0.2) is 42.5 Å². The number of benzene rings is 2. The van der Waals surface area contributed by atoms with E-state index in [2.05, 4.69) is 5.32 Å². The molecule has 1 amide bonds. The summed E-state index contributed by atoms with van der Waals surface area (Å²) in [6, 6.07) is 13.1. The Labute approximate surface area is 142 Å². The molecule has 24 heavy (non-hydrogen) atoms. The standard InChI is InChI=1S/C19H23NO4/c1-13-5-8-16(9-6-13)24-14(2)19(21)20-12-15-7-10-17(22-3)11-18(15)23-4/h5-11,14H,12H2,1-4H3,(H,20,21). The van der Waals surface area contributed by atoms with Crippen LogP contribution in [0.2, 0.25) is 0 Å². The Morgan fingerprint density at radius 3 is 2.33 bits per heavy atom. The molecule has 5 nitrogen and oxygen atoms in total. The highest BCUT2D eigenvalue weighted by atomic mass is 16.5. The maximum atomic E-state index is 12.2. The minimum atomic E-state index is -0.586. The minimum absolute atomic E-state index is 0.187. The van der Waals surface area contributed by atoms with Crippen LogP contribution in [0.5, 0.6) is 17.2 Å². The van der Waals surface area contributed by atoms with E-state index in [1.165, 1.54) is 0 Å². The van der Waals surface area contributed by atoms with Crippen LogP contribution in [-0.2, 0) is 11.3 Å². The zero-order chi connectivity index (χ0) is 17.5. The molecule has 2 aromatic rings. The van der Waals surface area contributed by atoms with Gasteiger partial charge in [0.05, 0.1) is 14.2 Å². The van der Waals surface area contributed by atoms with Gasteiger partial charge in [-0.1, -0.05) is 17.7 Å². The topological polar surface area (TPSA) is 56.8 Å². The van der Waals surface area contributed by atoms with Crippen LogP contribution in [0.3, 0.4) is 0 Å². The second-order valence-corrected chi connectivity index (χ2v) is 5.47. The van der Waals surface area contributed by atoms with Crippen molar-refractivity contribution >= 4 is 5.91 Å². The fraction of sp³-hybridized carbons (Fsp3) is 0.316. The molecule has 0 aliphatic carbocycles. The first-order valence-electron chi connectivity index (χ1n) is 7.75. The molecule has 1 unspecified atom stereocenters. The molecular formula is C19H23NO4. The molecule has 1 N–H and O–H groups in total. The van der Waals surface area contributed by atoms with Crippen molar-refractivity contribution in [3.63, 3.8) is 0 Å². The van der Waals surface area contributed by atoms with E-state index in [-0.39, 0.29) is 5.91 Å². The zero-order valence-corrected chi connectivity index (χ0v) is 14.5. The quantitative estimate of drug-likeness (QED) is 0.848. The summed E-state index contributed by atoms with van der Waals surface area (Å²) in [7, 11) is 3.18. The molecule has 0 aliphatic rings. The summed E-state index contributed by atoms with van der Waals surface area (Å²) in [6.07, 6.45) is -0.586. The van der Waals surface area contributed by atoms with Gasteiger partial charge in [0, 0.05) is 18.2 Å². The summed E-state index contributed by atoms with van der Waals surface area (Å²) in [5.41, 5.74) is 2.01.